The van der Waals surface area contributed by atoms with Crippen LogP contribution in [0.5, 0.6) is 5.75 Å². The number of hydrogen-bond acceptors (Lipinski definition) is 2. The highest BCUT2D eigenvalue weighted by atomic mass is 28.4. The molecule has 0 amide bonds. The van der Waals surface area contributed by atoms with Crippen LogP contribution in [0.3, 0.4) is 0 Å². The van der Waals surface area contributed by atoms with Crippen molar-refractivity contribution in [2.75, 3.05) is 32.8 Å². The van der Waals surface area contributed by atoms with Gasteiger partial charge in [0.15, 0.2) is 8.32 Å². The summed E-state index contributed by atoms with van der Waals surface area (Å²) in [5, 5.41) is 0.236. The number of nitrogens with zero attached hydrogens (tertiary/aromatic N) is 1. The van der Waals surface area contributed by atoms with E-state index in [1.54, 1.807) is 0 Å². The number of hydrogen-bond donors (Lipinski definition) is 0. The van der Waals surface area contributed by atoms with E-state index in [1.165, 1.54) is 81.2 Å². The molecule has 0 fully saturated rings. The van der Waals surface area contributed by atoms with Gasteiger partial charge >= 0.3 is 0 Å². The fraction of sp³-hybridized carbons (Fsp3) is 0.793. The second kappa shape index (κ2) is 15.2. The molecule has 0 aliphatic rings. The van der Waals surface area contributed by atoms with Gasteiger partial charge in [0.1, 0.15) is 5.75 Å². The van der Waals surface area contributed by atoms with Crippen molar-refractivity contribution in [3.63, 3.8) is 0 Å². The number of ether oxygens (including phenoxy) is 1. The molecular weight excluding hydrogens is 422 g/mol. The third-order valence-electron chi connectivity index (χ3n) is 7.56. The van der Waals surface area contributed by atoms with E-state index in [0.717, 1.165) is 18.8 Å². The first-order valence-corrected chi connectivity index (χ1v) is 16.7. The maximum Gasteiger partial charge on any atom is 0.192 e. The highest BCUT2D eigenvalue weighted by Crippen LogP contribution is 2.37. The Kier molecular flexibility index (Phi) is 13.9. The van der Waals surface area contributed by atoms with E-state index in [4.69, 9.17) is 9.16 Å². The van der Waals surface area contributed by atoms with E-state index >= 15 is 0 Å². The second-order valence-electron chi connectivity index (χ2n) is 11.5. The molecular formula is C29H56NO2Si+. The quantitative estimate of drug-likeness (QED) is 0.119. The van der Waals surface area contributed by atoms with Crippen LogP contribution in [0.1, 0.15) is 98.5 Å². The van der Waals surface area contributed by atoms with Crippen molar-refractivity contribution < 1.29 is 13.6 Å². The zero-order valence-electron chi connectivity index (χ0n) is 23.5. The number of rotatable bonds is 18. The fourth-order valence-corrected chi connectivity index (χ4v) is 5.06. The van der Waals surface area contributed by atoms with Crippen LogP contribution < -0.4 is 4.74 Å². The average molecular weight is 479 g/mol. The monoisotopic (exact) mass is 478 g/mol. The highest BCUT2D eigenvalue weighted by molar-refractivity contribution is 6.74. The summed E-state index contributed by atoms with van der Waals surface area (Å²) in [5.74, 6) is 0.982. The van der Waals surface area contributed by atoms with Gasteiger partial charge < -0.3 is 13.6 Å². The first kappa shape index (κ1) is 30.2. The minimum absolute atomic E-state index is 0.236. The Balaban J connectivity index is 2.55. The zero-order chi connectivity index (χ0) is 24.8. The molecule has 0 aromatic heterocycles. The van der Waals surface area contributed by atoms with Gasteiger partial charge in [0, 0.05) is 0 Å². The molecule has 3 nitrogen and oxygen atoms in total. The Morgan fingerprint density at radius 1 is 0.788 bits per heavy atom. The summed E-state index contributed by atoms with van der Waals surface area (Å²) in [6.07, 6.45) is 10.4. The fourth-order valence-electron chi connectivity index (χ4n) is 4.10. The van der Waals surface area contributed by atoms with Crippen molar-refractivity contribution in [3.05, 3.63) is 29.8 Å². The molecule has 33 heavy (non-hydrogen) atoms. The molecule has 1 rings (SSSR count). The van der Waals surface area contributed by atoms with Crippen LogP contribution >= 0.6 is 0 Å². The molecule has 4 heteroatoms. The summed E-state index contributed by atoms with van der Waals surface area (Å²) in [5.41, 5.74) is 1.21. The van der Waals surface area contributed by atoms with Gasteiger partial charge in [-0.2, -0.15) is 0 Å². The summed E-state index contributed by atoms with van der Waals surface area (Å²) < 4.78 is 13.9. The van der Waals surface area contributed by atoms with Crippen molar-refractivity contribution in [1.82, 2.24) is 0 Å². The minimum Gasteiger partial charge on any atom is -0.494 e. The summed E-state index contributed by atoms with van der Waals surface area (Å²) in [6.45, 7) is 25.3. The van der Waals surface area contributed by atoms with Crippen LogP contribution in [0.15, 0.2) is 24.3 Å². The molecule has 0 aliphatic heterocycles. The van der Waals surface area contributed by atoms with Gasteiger partial charge in [0.2, 0.25) is 0 Å². The van der Waals surface area contributed by atoms with E-state index in [9.17, 15) is 0 Å². The molecule has 0 unspecified atom stereocenters. The van der Waals surface area contributed by atoms with E-state index in [-0.39, 0.29) is 5.04 Å². The first-order chi connectivity index (χ1) is 15.6. The van der Waals surface area contributed by atoms with E-state index < -0.39 is 8.32 Å². The molecule has 0 atom stereocenters. The van der Waals surface area contributed by atoms with Gasteiger partial charge in [-0.1, -0.05) is 72.9 Å². The van der Waals surface area contributed by atoms with Crippen molar-refractivity contribution in [1.29, 1.82) is 0 Å². The summed E-state index contributed by atoms with van der Waals surface area (Å²) in [4.78, 5) is 0. The van der Waals surface area contributed by atoms with Gasteiger partial charge in [0.25, 0.3) is 0 Å². The molecule has 0 spiro atoms. The lowest BCUT2D eigenvalue weighted by Gasteiger charge is -2.39. The third kappa shape index (κ3) is 11.4. The van der Waals surface area contributed by atoms with E-state index in [2.05, 4.69) is 78.9 Å². The maximum atomic E-state index is 6.39. The van der Waals surface area contributed by atoms with E-state index in [1.807, 2.05) is 0 Å². The average Bonchev–Trinajstić information content (AvgIpc) is 2.77. The molecule has 0 heterocycles. The van der Waals surface area contributed by atoms with Crippen molar-refractivity contribution >= 4 is 8.32 Å². The Bertz CT molecular complexity index is 617. The first-order valence-electron chi connectivity index (χ1n) is 13.8. The zero-order valence-corrected chi connectivity index (χ0v) is 24.5. The van der Waals surface area contributed by atoms with Gasteiger partial charge in [-0.3, -0.25) is 0 Å². The van der Waals surface area contributed by atoms with Crippen molar-refractivity contribution in [3.8, 4) is 5.75 Å². The largest absolute Gasteiger partial charge is 0.494 e. The van der Waals surface area contributed by atoms with Gasteiger partial charge in [-0.25, -0.2) is 0 Å². The summed E-state index contributed by atoms with van der Waals surface area (Å²) >= 11 is 0. The lowest BCUT2D eigenvalue weighted by Crippen LogP contribution is -2.50. The molecule has 0 N–H and O–H groups in total. The SMILES string of the molecule is CCCC[N+](CCCC)(CCCC)CCCCOc1cccc(CO[Si](C)(C)C(C)(C)C)c1. The second-order valence-corrected chi connectivity index (χ2v) is 16.4. The van der Waals surface area contributed by atoms with Crippen LogP contribution in [-0.2, 0) is 11.0 Å². The molecule has 1 aromatic rings. The van der Waals surface area contributed by atoms with Gasteiger partial charge in [0.05, 0.1) is 39.4 Å². The predicted molar refractivity (Wildman–Crippen MR) is 148 cm³/mol. The lowest BCUT2D eigenvalue weighted by atomic mass is 10.1. The standard InChI is InChI=1S/C29H56NO2Si/c1-9-12-20-30(21-13-10-2,22-14-11-3)23-15-16-24-31-28-19-17-18-27(25-28)26-32-33(7,8)29(4,5)6/h17-19,25H,9-16,20-24,26H2,1-8H3/q+1. The number of quaternary nitrogens is 1. The minimum atomic E-state index is -1.73. The predicted octanol–water partition coefficient (Wildman–Crippen LogP) is 8.58. The van der Waals surface area contributed by atoms with E-state index in [0.29, 0.717) is 6.61 Å². The molecule has 0 saturated carbocycles. The maximum absolute atomic E-state index is 6.39. The molecule has 0 saturated heterocycles. The van der Waals surface area contributed by atoms with Crippen LogP contribution in [0.2, 0.25) is 18.1 Å². The van der Waals surface area contributed by atoms with Crippen LogP contribution in [-0.4, -0.2) is 45.6 Å². The smallest absolute Gasteiger partial charge is 0.192 e. The molecule has 192 valence electrons. The van der Waals surface area contributed by atoms with Gasteiger partial charge in [-0.05, 0) is 67.9 Å². The molecule has 1 aromatic carbocycles. The summed E-state index contributed by atoms with van der Waals surface area (Å²) in [6, 6.07) is 8.50. The molecule has 0 radical (unpaired) electrons. The van der Waals surface area contributed by atoms with Crippen molar-refractivity contribution in [2.24, 2.45) is 0 Å². The Morgan fingerprint density at radius 3 is 1.85 bits per heavy atom. The van der Waals surface area contributed by atoms with Gasteiger partial charge in [-0.15, -0.1) is 0 Å². The van der Waals surface area contributed by atoms with Crippen molar-refractivity contribution in [2.45, 2.75) is 118 Å². The Labute approximate surface area is 208 Å². The topological polar surface area (TPSA) is 18.5 Å². The third-order valence-corrected chi connectivity index (χ3v) is 12.0. The number of benzene rings is 1. The van der Waals surface area contributed by atoms with Crippen LogP contribution in [0, 0.1) is 0 Å². The Hall–Kier alpha value is -0.843. The van der Waals surface area contributed by atoms with Crippen LogP contribution in [0.4, 0.5) is 0 Å². The normalized spacial score (nSPS) is 12.8. The molecule has 0 bridgehead atoms. The van der Waals surface area contributed by atoms with Crippen LogP contribution in [0.25, 0.3) is 0 Å². The summed E-state index contributed by atoms with van der Waals surface area (Å²) in [7, 11) is -1.73. The number of unbranched alkanes of at least 4 members (excludes halogenated alkanes) is 4. The Morgan fingerprint density at radius 2 is 1.33 bits per heavy atom. The highest BCUT2D eigenvalue weighted by Gasteiger charge is 2.37. The lowest BCUT2D eigenvalue weighted by molar-refractivity contribution is -0.929. The molecule has 0 aliphatic carbocycles.